The highest BCUT2D eigenvalue weighted by molar-refractivity contribution is 7.90. The van der Waals surface area contributed by atoms with E-state index in [1.54, 1.807) is 0 Å². The summed E-state index contributed by atoms with van der Waals surface area (Å²) in [6, 6.07) is 0. The molecule has 1 aliphatic heterocycles. The fourth-order valence-electron chi connectivity index (χ4n) is 1.90. The van der Waals surface area contributed by atoms with Crippen molar-refractivity contribution in [3.8, 4) is 0 Å². The Labute approximate surface area is 97.9 Å². The Kier molecular flexibility index (Phi) is 4.77. The summed E-state index contributed by atoms with van der Waals surface area (Å²) in [5, 5.41) is 0. The van der Waals surface area contributed by atoms with Gasteiger partial charge in [0.15, 0.2) is 0 Å². The number of rotatable bonds is 4. The van der Waals surface area contributed by atoms with E-state index < -0.39 is 9.84 Å². The lowest BCUT2D eigenvalue weighted by Gasteiger charge is -2.30. The summed E-state index contributed by atoms with van der Waals surface area (Å²) in [5.74, 6) is 0.929. The maximum Gasteiger partial charge on any atom is 0.222 e. The molecule has 0 atom stereocenters. The quantitative estimate of drug-likeness (QED) is 0.746. The van der Waals surface area contributed by atoms with E-state index in [-0.39, 0.29) is 11.7 Å². The first-order valence-corrected chi connectivity index (χ1v) is 7.90. The average molecular weight is 247 g/mol. The van der Waals surface area contributed by atoms with E-state index in [9.17, 15) is 13.2 Å². The third-order valence-corrected chi connectivity index (χ3v) is 4.07. The van der Waals surface area contributed by atoms with Gasteiger partial charge in [0.05, 0.1) is 5.75 Å². The smallest absolute Gasteiger partial charge is 0.222 e. The van der Waals surface area contributed by atoms with Crippen LogP contribution in [0.15, 0.2) is 0 Å². The number of nitrogens with zero attached hydrogens (tertiary/aromatic N) is 1. The van der Waals surface area contributed by atoms with Crippen molar-refractivity contribution in [3.05, 3.63) is 0 Å². The third kappa shape index (κ3) is 4.96. The zero-order valence-corrected chi connectivity index (χ0v) is 10.9. The molecule has 0 spiro atoms. The lowest BCUT2D eigenvalue weighted by atomic mass is 9.99. The highest BCUT2D eigenvalue weighted by atomic mass is 32.2. The lowest BCUT2D eigenvalue weighted by molar-refractivity contribution is -0.132. The largest absolute Gasteiger partial charge is 0.343 e. The van der Waals surface area contributed by atoms with Crippen molar-refractivity contribution in [1.82, 2.24) is 4.90 Å². The second-order valence-electron chi connectivity index (χ2n) is 4.80. The van der Waals surface area contributed by atoms with Gasteiger partial charge >= 0.3 is 0 Å². The van der Waals surface area contributed by atoms with E-state index in [4.69, 9.17) is 0 Å². The molecule has 0 saturated carbocycles. The first kappa shape index (κ1) is 13.5. The second kappa shape index (κ2) is 5.66. The van der Waals surface area contributed by atoms with Crippen LogP contribution >= 0.6 is 0 Å². The fraction of sp³-hybridized carbons (Fsp3) is 0.909. The first-order valence-electron chi connectivity index (χ1n) is 5.84. The molecule has 0 aromatic rings. The van der Waals surface area contributed by atoms with Crippen LogP contribution in [-0.2, 0) is 14.6 Å². The minimum atomic E-state index is -2.93. The minimum absolute atomic E-state index is 0.107. The molecule has 1 aliphatic rings. The summed E-state index contributed by atoms with van der Waals surface area (Å²) < 4.78 is 21.8. The summed E-state index contributed by atoms with van der Waals surface area (Å²) >= 11 is 0. The molecule has 5 heteroatoms. The summed E-state index contributed by atoms with van der Waals surface area (Å²) in [5.41, 5.74) is 0. The van der Waals surface area contributed by atoms with Crippen LogP contribution in [0.4, 0.5) is 0 Å². The molecule has 1 rings (SSSR count). The summed E-state index contributed by atoms with van der Waals surface area (Å²) in [6.45, 7) is 3.86. The molecule has 94 valence electrons. The van der Waals surface area contributed by atoms with Gasteiger partial charge in [-0.3, -0.25) is 4.79 Å². The molecule has 1 saturated heterocycles. The Hall–Kier alpha value is -0.580. The minimum Gasteiger partial charge on any atom is -0.343 e. The molecular formula is C11H21NO3S. The van der Waals surface area contributed by atoms with Gasteiger partial charge in [0, 0.05) is 25.8 Å². The summed E-state index contributed by atoms with van der Waals surface area (Å²) in [7, 11) is -2.93. The molecule has 0 N–H and O–H groups in total. The van der Waals surface area contributed by atoms with Gasteiger partial charge in [-0.1, -0.05) is 6.92 Å². The number of amides is 1. The molecule has 16 heavy (non-hydrogen) atoms. The van der Waals surface area contributed by atoms with Gasteiger partial charge < -0.3 is 4.90 Å². The number of hydrogen-bond acceptors (Lipinski definition) is 3. The van der Waals surface area contributed by atoms with Crippen molar-refractivity contribution in [2.75, 3.05) is 25.1 Å². The van der Waals surface area contributed by atoms with Crippen LogP contribution in [0.2, 0.25) is 0 Å². The Bertz CT molecular complexity index is 329. The van der Waals surface area contributed by atoms with Gasteiger partial charge in [-0.15, -0.1) is 0 Å². The number of likely N-dealkylation sites (tertiary alicyclic amines) is 1. The van der Waals surface area contributed by atoms with Gasteiger partial charge in [-0.2, -0.15) is 0 Å². The maximum atomic E-state index is 11.7. The summed E-state index contributed by atoms with van der Waals surface area (Å²) in [4.78, 5) is 13.6. The number of hydrogen-bond donors (Lipinski definition) is 0. The molecule has 4 nitrogen and oxygen atoms in total. The second-order valence-corrected chi connectivity index (χ2v) is 7.06. The van der Waals surface area contributed by atoms with Crippen molar-refractivity contribution >= 4 is 15.7 Å². The molecule has 1 fully saturated rings. The molecule has 0 radical (unpaired) electrons. The molecule has 0 unspecified atom stereocenters. The van der Waals surface area contributed by atoms with Crippen molar-refractivity contribution in [2.45, 2.75) is 32.6 Å². The van der Waals surface area contributed by atoms with Gasteiger partial charge in [0.25, 0.3) is 0 Å². The molecule has 1 heterocycles. The molecule has 0 bridgehead atoms. The first-order chi connectivity index (χ1) is 7.38. The zero-order valence-electron chi connectivity index (χ0n) is 10.1. The molecule has 0 aromatic carbocycles. The van der Waals surface area contributed by atoms with Crippen LogP contribution in [0, 0.1) is 5.92 Å². The van der Waals surface area contributed by atoms with Crippen LogP contribution in [0.3, 0.4) is 0 Å². The normalized spacial score (nSPS) is 18.8. The third-order valence-electron chi connectivity index (χ3n) is 3.04. The zero-order chi connectivity index (χ0) is 12.2. The Morgan fingerprint density at radius 3 is 2.38 bits per heavy atom. The number of carbonyl (C=O) groups is 1. The standard InChI is InChI=1S/C11H21NO3S/c1-10-5-7-12(8-6-10)11(13)4-3-9-16(2,14)15/h10H,3-9H2,1-2H3. The van der Waals surface area contributed by atoms with E-state index in [0.29, 0.717) is 18.8 Å². The number of carbonyl (C=O) groups excluding carboxylic acids is 1. The van der Waals surface area contributed by atoms with E-state index >= 15 is 0 Å². The van der Waals surface area contributed by atoms with Crippen LogP contribution in [0.1, 0.15) is 32.6 Å². The van der Waals surface area contributed by atoms with E-state index in [0.717, 1.165) is 25.9 Å². The van der Waals surface area contributed by atoms with E-state index in [1.165, 1.54) is 6.26 Å². The topological polar surface area (TPSA) is 54.5 Å². The average Bonchev–Trinajstić information content (AvgIpc) is 2.16. The Balaban J connectivity index is 2.25. The fourth-order valence-corrected chi connectivity index (χ4v) is 2.57. The molecule has 1 amide bonds. The summed E-state index contributed by atoms with van der Waals surface area (Å²) in [6.07, 6.45) is 4.15. The number of sulfone groups is 1. The van der Waals surface area contributed by atoms with Gasteiger partial charge in [-0.25, -0.2) is 8.42 Å². The van der Waals surface area contributed by atoms with Crippen molar-refractivity contribution in [1.29, 1.82) is 0 Å². The predicted molar refractivity (Wildman–Crippen MR) is 63.9 cm³/mol. The Morgan fingerprint density at radius 2 is 1.88 bits per heavy atom. The van der Waals surface area contributed by atoms with E-state index in [2.05, 4.69) is 6.92 Å². The predicted octanol–water partition coefficient (Wildman–Crippen LogP) is 1.07. The van der Waals surface area contributed by atoms with Crippen molar-refractivity contribution in [2.24, 2.45) is 5.92 Å². The molecule has 0 aromatic heterocycles. The molecule has 0 aliphatic carbocycles. The lowest BCUT2D eigenvalue weighted by Crippen LogP contribution is -2.37. The van der Waals surface area contributed by atoms with Gasteiger partial charge in [0.2, 0.25) is 5.91 Å². The van der Waals surface area contributed by atoms with Gasteiger partial charge in [-0.05, 0) is 25.2 Å². The van der Waals surface area contributed by atoms with Crippen LogP contribution in [0.25, 0.3) is 0 Å². The van der Waals surface area contributed by atoms with Crippen LogP contribution in [-0.4, -0.2) is 44.3 Å². The van der Waals surface area contributed by atoms with Crippen molar-refractivity contribution in [3.63, 3.8) is 0 Å². The Morgan fingerprint density at radius 1 is 1.31 bits per heavy atom. The SMILES string of the molecule is CC1CCN(C(=O)CCCS(C)(=O)=O)CC1. The maximum absolute atomic E-state index is 11.7. The van der Waals surface area contributed by atoms with Gasteiger partial charge in [0.1, 0.15) is 9.84 Å². The molecular weight excluding hydrogens is 226 g/mol. The monoisotopic (exact) mass is 247 g/mol. The van der Waals surface area contributed by atoms with E-state index in [1.807, 2.05) is 4.90 Å². The van der Waals surface area contributed by atoms with Crippen LogP contribution in [0.5, 0.6) is 0 Å². The number of piperidine rings is 1. The van der Waals surface area contributed by atoms with Crippen molar-refractivity contribution < 1.29 is 13.2 Å². The highest BCUT2D eigenvalue weighted by Crippen LogP contribution is 2.16. The van der Waals surface area contributed by atoms with Crippen LogP contribution < -0.4 is 0 Å². The highest BCUT2D eigenvalue weighted by Gasteiger charge is 2.19.